The van der Waals surface area contributed by atoms with E-state index in [0.717, 1.165) is 55.3 Å². The minimum atomic E-state index is 0. The number of aryl methyl sites for hydroxylation is 2. The van der Waals surface area contributed by atoms with E-state index in [-0.39, 0.29) is 30.0 Å². The first-order chi connectivity index (χ1) is 14.1. The minimum Gasteiger partial charge on any atom is -0.497 e. The summed E-state index contributed by atoms with van der Waals surface area (Å²) in [6, 6.07) is 8.54. The van der Waals surface area contributed by atoms with Gasteiger partial charge in [-0.2, -0.15) is 0 Å². The van der Waals surface area contributed by atoms with Crippen LogP contribution >= 0.6 is 35.3 Å². The average Bonchev–Trinajstić information content (AvgIpc) is 3.09. The molecular formula is C21H32IN5O2S. The molecule has 0 saturated carbocycles. The molecule has 1 fully saturated rings. The summed E-state index contributed by atoms with van der Waals surface area (Å²) in [5.74, 6) is 1.65. The molecule has 1 saturated heterocycles. The average molecular weight is 545 g/mol. The molecule has 0 spiro atoms. The van der Waals surface area contributed by atoms with Crippen molar-refractivity contribution in [3.63, 3.8) is 0 Å². The van der Waals surface area contributed by atoms with Gasteiger partial charge in [-0.1, -0.05) is 12.1 Å². The first-order valence-corrected chi connectivity index (χ1v) is 10.8. The van der Waals surface area contributed by atoms with Crippen LogP contribution in [0.5, 0.6) is 5.75 Å². The lowest BCUT2D eigenvalue weighted by molar-refractivity contribution is 0.0170. The number of rotatable bonds is 7. The van der Waals surface area contributed by atoms with Gasteiger partial charge in [0, 0.05) is 31.6 Å². The van der Waals surface area contributed by atoms with Crippen molar-refractivity contribution in [3.05, 3.63) is 45.4 Å². The van der Waals surface area contributed by atoms with Gasteiger partial charge in [0.1, 0.15) is 10.8 Å². The molecule has 0 bridgehead atoms. The molecule has 1 aromatic heterocycles. The van der Waals surface area contributed by atoms with Gasteiger partial charge in [-0.25, -0.2) is 4.98 Å². The third-order valence-electron chi connectivity index (χ3n) is 5.15. The topological polar surface area (TPSA) is 71.0 Å². The lowest BCUT2D eigenvalue weighted by Crippen LogP contribution is -2.46. The number of benzene rings is 1. The fourth-order valence-electron chi connectivity index (χ4n) is 3.36. The van der Waals surface area contributed by atoms with E-state index < -0.39 is 0 Å². The molecule has 30 heavy (non-hydrogen) atoms. The first kappa shape index (κ1) is 24.8. The summed E-state index contributed by atoms with van der Waals surface area (Å²) in [5.41, 5.74) is 2.35. The van der Waals surface area contributed by atoms with E-state index in [9.17, 15) is 0 Å². The largest absolute Gasteiger partial charge is 0.497 e. The van der Waals surface area contributed by atoms with Crippen LogP contribution in [0.4, 0.5) is 0 Å². The fourth-order valence-corrected chi connectivity index (χ4v) is 4.23. The zero-order valence-electron chi connectivity index (χ0n) is 18.1. The highest BCUT2D eigenvalue weighted by molar-refractivity contribution is 14.0. The molecule has 0 amide bonds. The van der Waals surface area contributed by atoms with Gasteiger partial charge in [0.05, 0.1) is 38.6 Å². The Labute approximate surface area is 200 Å². The van der Waals surface area contributed by atoms with Gasteiger partial charge < -0.3 is 20.1 Å². The number of morpholine rings is 1. The lowest BCUT2D eigenvalue weighted by atomic mass is 10.0. The van der Waals surface area contributed by atoms with E-state index in [2.05, 4.69) is 44.6 Å². The van der Waals surface area contributed by atoms with Crippen molar-refractivity contribution in [1.29, 1.82) is 0 Å². The van der Waals surface area contributed by atoms with Crippen molar-refractivity contribution in [1.82, 2.24) is 20.5 Å². The third-order valence-corrected chi connectivity index (χ3v) is 6.23. The van der Waals surface area contributed by atoms with Crippen molar-refractivity contribution in [3.8, 4) is 5.75 Å². The number of aromatic nitrogens is 1. The number of thiazole rings is 1. The highest BCUT2D eigenvalue weighted by Gasteiger charge is 2.23. The Morgan fingerprint density at radius 3 is 2.50 bits per heavy atom. The number of nitrogens with one attached hydrogen (secondary N) is 2. The molecule has 9 heteroatoms. The van der Waals surface area contributed by atoms with Crippen LogP contribution in [0.1, 0.15) is 27.2 Å². The predicted molar refractivity (Wildman–Crippen MR) is 133 cm³/mol. The number of hydrogen-bond acceptors (Lipinski definition) is 6. The number of halogens is 1. The van der Waals surface area contributed by atoms with Gasteiger partial charge in [0.25, 0.3) is 0 Å². The zero-order valence-corrected chi connectivity index (χ0v) is 21.3. The summed E-state index contributed by atoms with van der Waals surface area (Å²) in [7, 11) is 3.49. The molecule has 0 radical (unpaired) electrons. The smallest absolute Gasteiger partial charge is 0.191 e. The predicted octanol–water partition coefficient (Wildman–Crippen LogP) is 3.13. The second-order valence-electron chi connectivity index (χ2n) is 6.99. The fraction of sp³-hybridized carbons (Fsp3) is 0.524. The molecule has 0 aliphatic carbocycles. The van der Waals surface area contributed by atoms with Gasteiger partial charge >= 0.3 is 0 Å². The molecule has 3 rings (SSSR count). The van der Waals surface area contributed by atoms with E-state index in [1.54, 1.807) is 25.5 Å². The lowest BCUT2D eigenvalue weighted by Gasteiger charge is -2.35. The van der Waals surface area contributed by atoms with Gasteiger partial charge in [-0.05, 0) is 31.5 Å². The molecule has 2 aromatic rings. The quantitative estimate of drug-likeness (QED) is 0.317. The second-order valence-corrected chi connectivity index (χ2v) is 8.28. The highest BCUT2D eigenvalue weighted by atomic mass is 127. The molecule has 1 aromatic carbocycles. The van der Waals surface area contributed by atoms with Gasteiger partial charge in [-0.3, -0.25) is 9.89 Å². The molecule has 2 heterocycles. The minimum absolute atomic E-state index is 0. The Balaban J connectivity index is 0.00000320. The van der Waals surface area contributed by atoms with Gasteiger partial charge in [-0.15, -0.1) is 35.3 Å². The zero-order chi connectivity index (χ0) is 20.6. The molecule has 1 atom stereocenters. The van der Waals surface area contributed by atoms with Crippen molar-refractivity contribution in [2.45, 2.75) is 26.4 Å². The van der Waals surface area contributed by atoms with Crippen molar-refractivity contribution in [2.75, 3.05) is 47.0 Å². The number of hydrogen-bond donors (Lipinski definition) is 2. The summed E-state index contributed by atoms with van der Waals surface area (Å²) in [5, 5.41) is 7.94. The summed E-state index contributed by atoms with van der Waals surface area (Å²) < 4.78 is 10.9. The van der Waals surface area contributed by atoms with Gasteiger partial charge in [0.15, 0.2) is 5.96 Å². The molecule has 1 aliphatic heterocycles. The van der Waals surface area contributed by atoms with Crippen LogP contribution in [0.25, 0.3) is 0 Å². The summed E-state index contributed by atoms with van der Waals surface area (Å²) in [4.78, 5) is 12.7. The summed E-state index contributed by atoms with van der Waals surface area (Å²) in [6.45, 7) is 8.94. The van der Waals surface area contributed by atoms with Gasteiger partial charge in [0.2, 0.25) is 0 Å². The van der Waals surface area contributed by atoms with Crippen LogP contribution in [-0.2, 0) is 11.3 Å². The van der Waals surface area contributed by atoms with Crippen LogP contribution in [0.2, 0.25) is 0 Å². The maximum atomic E-state index is 5.54. The maximum absolute atomic E-state index is 5.54. The molecule has 1 aliphatic rings. The van der Waals surface area contributed by atoms with Crippen molar-refractivity contribution < 1.29 is 9.47 Å². The standard InChI is InChI=1S/C21H31N5O2S.HI/c1-15-16(2)29-20(25-15)14-24-21(22-3)23-13-19(26-9-11-28-12-10-26)17-5-7-18(27-4)8-6-17;/h5-8,19H,9-14H2,1-4H3,(H2,22,23,24);1H. The number of aliphatic imine (C=N–C) groups is 1. The number of nitrogens with zero attached hydrogens (tertiary/aromatic N) is 3. The normalized spacial score (nSPS) is 15.9. The van der Waals surface area contributed by atoms with Crippen LogP contribution in [0.15, 0.2) is 29.3 Å². The Hall–Kier alpha value is -1.43. The van der Waals surface area contributed by atoms with Crippen molar-refractivity contribution in [2.24, 2.45) is 4.99 Å². The van der Waals surface area contributed by atoms with Crippen LogP contribution in [-0.4, -0.2) is 62.8 Å². The van der Waals surface area contributed by atoms with E-state index in [4.69, 9.17) is 9.47 Å². The molecule has 166 valence electrons. The summed E-state index contributed by atoms with van der Waals surface area (Å²) in [6.07, 6.45) is 0. The molecular weight excluding hydrogens is 513 g/mol. The number of methoxy groups -OCH3 is 1. The maximum Gasteiger partial charge on any atom is 0.191 e. The Morgan fingerprint density at radius 1 is 1.23 bits per heavy atom. The van der Waals surface area contributed by atoms with Crippen LogP contribution in [0.3, 0.4) is 0 Å². The van der Waals surface area contributed by atoms with E-state index in [0.29, 0.717) is 6.54 Å². The van der Waals surface area contributed by atoms with E-state index in [1.807, 2.05) is 19.1 Å². The molecule has 1 unspecified atom stereocenters. The Bertz CT molecular complexity index is 787. The molecule has 2 N–H and O–H groups in total. The first-order valence-electron chi connectivity index (χ1n) is 9.94. The Morgan fingerprint density at radius 2 is 1.93 bits per heavy atom. The number of ether oxygens (including phenoxy) is 2. The SMILES string of the molecule is CN=C(NCc1nc(C)c(C)s1)NCC(c1ccc(OC)cc1)N1CCOCC1.I. The van der Waals surface area contributed by atoms with Crippen LogP contribution < -0.4 is 15.4 Å². The van der Waals surface area contributed by atoms with E-state index >= 15 is 0 Å². The van der Waals surface area contributed by atoms with E-state index in [1.165, 1.54) is 10.4 Å². The summed E-state index contributed by atoms with van der Waals surface area (Å²) >= 11 is 1.72. The van der Waals surface area contributed by atoms with Crippen LogP contribution in [0, 0.1) is 13.8 Å². The monoisotopic (exact) mass is 545 g/mol. The Kier molecular flexibility index (Phi) is 10.3. The second kappa shape index (κ2) is 12.4. The van der Waals surface area contributed by atoms with Crippen molar-refractivity contribution >= 4 is 41.3 Å². The highest BCUT2D eigenvalue weighted by Crippen LogP contribution is 2.23. The number of guanidine groups is 1. The third kappa shape index (κ3) is 6.79. The molecule has 7 nitrogen and oxygen atoms in total.